The number of nitrogens with zero attached hydrogens (tertiary/aromatic N) is 3. The summed E-state index contributed by atoms with van der Waals surface area (Å²) in [5.41, 5.74) is 6.94. The van der Waals surface area contributed by atoms with Crippen LogP contribution in [0.25, 0.3) is 0 Å². The number of anilines is 1. The van der Waals surface area contributed by atoms with Gasteiger partial charge in [0.2, 0.25) is 5.91 Å². The molecule has 0 aliphatic rings. The van der Waals surface area contributed by atoms with Crippen LogP contribution in [0.2, 0.25) is 5.02 Å². The number of hydrogen-bond donors (Lipinski definition) is 2. The lowest BCUT2D eigenvalue weighted by atomic mass is 10.2. The van der Waals surface area contributed by atoms with E-state index < -0.39 is 6.04 Å². The third kappa shape index (κ3) is 3.10. The van der Waals surface area contributed by atoms with Gasteiger partial charge in [-0.25, -0.2) is 4.68 Å². The number of carbonyl (C=O) groups excluding carboxylic acids is 1. The van der Waals surface area contributed by atoms with E-state index in [0.717, 1.165) is 0 Å². The largest absolute Gasteiger partial charge is 0.325 e. The van der Waals surface area contributed by atoms with Crippen LogP contribution in [0, 0.1) is 0 Å². The van der Waals surface area contributed by atoms with Gasteiger partial charge in [0, 0.05) is 17.3 Å². The summed E-state index contributed by atoms with van der Waals surface area (Å²) in [7, 11) is 0. The van der Waals surface area contributed by atoms with Crippen LogP contribution in [0.1, 0.15) is 18.7 Å². The average molecular weight is 280 g/mol. The van der Waals surface area contributed by atoms with Gasteiger partial charge in [-0.3, -0.25) is 4.79 Å². The fourth-order valence-corrected chi connectivity index (χ4v) is 1.75. The molecule has 2 aromatic rings. The Kier molecular flexibility index (Phi) is 4.13. The molecule has 0 bridgehead atoms. The van der Waals surface area contributed by atoms with E-state index >= 15 is 0 Å². The highest BCUT2D eigenvalue weighted by molar-refractivity contribution is 6.30. The Bertz CT molecular complexity index is 566. The minimum atomic E-state index is -0.489. The van der Waals surface area contributed by atoms with Gasteiger partial charge in [0.15, 0.2) is 0 Å². The molecule has 0 saturated heterocycles. The maximum Gasteiger partial charge on any atom is 0.249 e. The second-order valence-electron chi connectivity index (χ2n) is 4.05. The van der Waals surface area contributed by atoms with Gasteiger partial charge in [-0.1, -0.05) is 16.8 Å². The highest BCUT2D eigenvalue weighted by Gasteiger charge is 2.18. The standard InChI is InChI=1S/C12H14ClN5O/c1-8(18-11(6-14)7-15-17-18)12(19)16-10-4-2-9(13)3-5-10/h2-5,7-8H,6,14H2,1H3,(H,16,19). The molecule has 1 unspecified atom stereocenters. The molecule has 1 amide bonds. The van der Waals surface area contributed by atoms with Crippen LogP contribution in [0.3, 0.4) is 0 Å². The minimum absolute atomic E-state index is 0.192. The summed E-state index contributed by atoms with van der Waals surface area (Å²) in [4.78, 5) is 12.1. The number of carbonyl (C=O) groups is 1. The first kappa shape index (κ1) is 13.5. The van der Waals surface area contributed by atoms with Gasteiger partial charge < -0.3 is 11.1 Å². The topological polar surface area (TPSA) is 85.8 Å². The molecule has 7 heteroatoms. The van der Waals surface area contributed by atoms with Crippen molar-refractivity contribution in [2.75, 3.05) is 5.32 Å². The monoisotopic (exact) mass is 279 g/mol. The van der Waals surface area contributed by atoms with E-state index in [2.05, 4.69) is 15.6 Å². The molecule has 1 atom stereocenters. The van der Waals surface area contributed by atoms with Gasteiger partial charge in [-0.05, 0) is 31.2 Å². The SMILES string of the molecule is CC(C(=O)Nc1ccc(Cl)cc1)n1nncc1CN. The quantitative estimate of drug-likeness (QED) is 0.890. The lowest BCUT2D eigenvalue weighted by molar-refractivity contribution is -0.119. The summed E-state index contributed by atoms with van der Waals surface area (Å²) < 4.78 is 1.51. The number of aromatic nitrogens is 3. The molecule has 0 fully saturated rings. The number of rotatable bonds is 4. The first-order chi connectivity index (χ1) is 9.11. The molecule has 0 aliphatic heterocycles. The van der Waals surface area contributed by atoms with E-state index in [4.69, 9.17) is 17.3 Å². The predicted octanol–water partition coefficient (Wildman–Crippen LogP) is 1.59. The number of amides is 1. The molecule has 1 aromatic carbocycles. The molecular weight excluding hydrogens is 266 g/mol. The van der Waals surface area contributed by atoms with Crippen LogP contribution in [0.15, 0.2) is 30.5 Å². The van der Waals surface area contributed by atoms with Crippen LogP contribution >= 0.6 is 11.6 Å². The molecule has 6 nitrogen and oxygen atoms in total. The Hall–Kier alpha value is -1.92. The highest BCUT2D eigenvalue weighted by atomic mass is 35.5. The molecule has 100 valence electrons. The maximum absolute atomic E-state index is 12.1. The van der Waals surface area contributed by atoms with E-state index in [1.54, 1.807) is 37.4 Å². The van der Waals surface area contributed by atoms with Gasteiger partial charge in [0.25, 0.3) is 0 Å². The first-order valence-corrected chi connectivity index (χ1v) is 6.15. The van der Waals surface area contributed by atoms with Crippen molar-refractivity contribution in [1.29, 1.82) is 0 Å². The van der Waals surface area contributed by atoms with E-state index in [1.807, 2.05) is 0 Å². The zero-order valence-electron chi connectivity index (χ0n) is 10.4. The number of benzene rings is 1. The van der Waals surface area contributed by atoms with E-state index in [9.17, 15) is 4.79 Å². The Balaban J connectivity index is 2.09. The lowest BCUT2D eigenvalue weighted by Gasteiger charge is -2.14. The minimum Gasteiger partial charge on any atom is -0.325 e. The predicted molar refractivity (Wildman–Crippen MR) is 72.7 cm³/mol. The number of nitrogens with one attached hydrogen (secondary N) is 1. The Morgan fingerprint density at radius 3 is 2.79 bits per heavy atom. The van der Waals surface area contributed by atoms with Gasteiger partial charge in [0.1, 0.15) is 6.04 Å². The van der Waals surface area contributed by atoms with Gasteiger partial charge in [-0.2, -0.15) is 0 Å². The summed E-state index contributed by atoms with van der Waals surface area (Å²) in [5, 5.41) is 11.0. The second kappa shape index (κ2) is 5.81. The van der Waals surface area contributed by atoms with Gasteiger partial charge >= 0.3 is 0 Å². The Labute approximate surface area is 115 Å². The summed E-state index contributed by atoms with van der Waals surface area (Å²) in [6.07, 6.45) is 1.55. The molecular formula is C12H14ClN5O. The molecule has 19 heavy (non-hydrogen) atoms. The summed E-state index contributed by atoms with van der Waals surface area (Å²) in [6, 6.07) is 6.40. The zero-order valence-corrected chi connectivity index (χ0v) is 11.1. The molecule has 1 heterocycles. The normalized spacial score (nSPS) is 12.2. The van der Waals surface area contributed by atoms with Gasteiger partial charge in [-0.15, -0.1) is 5.10 Å². The molecule has 0 saturated carbocycles. The van der Waals surface area contributed by atoms with Crippen LogP contribution in [0.5, 0.6) is 0 Å². The van der Waals surface area contributed by atoms with Gasteiger partial charge in [0.05, 0.1) is 11.9 Å². The van der Waals surface area contributed by atoms with Crippen molar-refractivity contribution in [2.24, 2.45) is 5.73 Å². The van der Waals surface area contributed by atoms with Crippen molar-refractivity contribution < 1.29 is 4.79 Å². The average Bonchev–Trinajstić information content (AvgIpc) is 2.88. The zero-order chi connectivity index (χ0) is 13.8. The van der Waals surface area contributed by atoms with E-state index in [0.29, 0.717) is 16.4 Å². The van der Waals surface area contributed by atoms with Crippen molar-refractivity contribution in [1.82, 2.24) is 15.0 Å². The molecule has 0 spiro atoms. The van der Waals surface area contributed by atoms with Crippen LogP contribution in [-0.4, -0.2) is 20.9 Å². The third-order valence-corrected chi connectivity index (χ3v) is 2.97. The first-order valence-electron chi connectivity index (χ1n) is 5.77. The summed E-state index contributed by atoms with van der Waals surface area (Å²) in [5.74, 6) is -0.192. The summed E-state index contributed by atoms with van der Waals surface area (Å²) in [6.45, 7) is 2.02. The van der Waals surface area contributed by atoms with Crippen molar-refractivity contribution in [3.63, 3.8) is 0 Å². The van der Waals surface area contributed by atoms with Crippen molar-refractivity contribution in [3.8, 4) is 0 Å². The van der Waals surface area contributed by atoms with E-state index in [1.165, 1.54) is 4.68 Å². The number of halogens is 1. The molecule has 3 N–H and O–H groups in total. The third-order valence-electron chi connectivity index (χ3n) is 2.72. The lowest BCUT2D eigenvalue weighted by Crippen LogP contribution is -2.26. The van der Waals surface area contributed by atoms with Crippen molar-refractivity contribution in [2.45, 2.75) is 19.5 Å². The van der Waals surface area contributed by atoms with Crippen LogP contribution in [0.4, 0.5) is 5.69 Å². The smallest absolute Gasteiger partial charge is 0.249 e. The molecule has 2 rings (SSSR count). The van der Waals surface area contributed by atoms with Crippen LogP contribution < -0.4 is 11.1 Å². The fraction of sp³-hybridized carbons (Fsp3) is 0.250. The Morgan fingerprint density at radius 2 is 2.16 bits per heavy atom. The molecule has 1 aromatic heterocycles. The van der Waals surface area contributed by atoms with Crippen molar-refractivity contribution in [3.05, 3.63) is 41.2 Å². The number of hydrogen-bond acceptors (Lipinski definition) is 4. The number of nitrogens with two attached hydrogens (primary N) is 1. The molecule has 0 aliphatic carbocycles. The summed E-state index contributed by atoms with van der Waals surface area (Å²) >= 11 is 5.78. The van der Waals surface area contributed by atoms with Crippen molar-refractivity contribution >= 4 is 23.2 Å². The van der Waals surface area contributed by atoms with Crippen LogP contribution in [-0.2, 0) is 11.3 Å². The van der Waals surface area contributed by atoms with E-state index in [-0.39, 0.29) is 12.5 Å². The molecule has 0 radical (unpaired) electrons. The Morgan fingerprint density at radius 1 is 1.47 bits per heavy atom. The highest BCUT2D eigenvalue weighted by Crippen LogP contribution is 2.15. The fourth-order valence-electron chi connectivity index (χ4n) is 1.63. The maximum atomic E-state index is 12.1. The second-order valence-corrected chi connectivity index (χ2v) is 4.48.